The lowest BCUT2D eigenvalue weighted by atomic mass is 10.1. The maximum Gasteiger partial charge on any atom is 0.277 e. The van der Waals surface area contributed by atoms with Crippen LogP contribution >= 0.6 is 0 Å². The third kappa shape index (κ3) is 5.76. The van der Waals surface area contributed by atoms with Crippen molar-refractivity contribution in [2.75, 3.05) is 11.9 Å². The Morgan fingerprint density at radius 3 is 2.56 bits per heavy atom. The fourth-order valence-electron chi connectivity index (χ4n) is 2.13. The van der Waals surface area contributed by atoms with Crippen LogP contribution in [0.4, 0.5) is 5.69 Å². The van der Waals surface area contributed by atoms with Gasteiger partial charge in [0.25, 0.3) is 5.91 Å². The minimum Gasteiger partial charge on any atom is -0.483 e. The second-order valence-corrected chi connectivity index (χ2v) is 5.55. The van der Waals surface area contributed by atoms with Gasteiger partial charge in [-0.15, -0.1) is 0 Å². The molecule has 0 aromatic heterocycles. The van der Waals surface area contributed by atoms with Crippen LogP contribution in [0.15, 0.2) is 53.6 Å². The molecular weight excluding hydrogens is 318 g/mol. The van der Waals surface area contributed by atoms with Crippen molar-refractivity contribution in [3.63, 3.8) is 0 Å². The number of rotatable bonds is 6. The average molecular weight is 339 g/mol. The molecule has 130 valence electrons. The van der Waals surface area contributed by atoms with E-state index < -0.39 is 0 Å². The fraction of sp³-hybridized carbons (Fsp3) is 0.211. The van der Waals surface area contributed by atoms with Crippen LogP contribution in [0, 0.1) is 6.92 Å². The Hall–Kier alpha value is -3.15. The van der Waals surface area contributed by atoms with E-state index in [2.05, 4.69) is 15.8 Å². The van der Waals surface area contributed by atoms with Crippen molar-refractivity contribution in [2.24, 2.45) is 5.10 Å². The summed E-state index contributed by atoms with van der Waals surface area (Å²) in [5.74, 6) is 0.176. The topological polar surface area (TPSA) is 79.8 Å². The molecule has 0 spiro atoms. The Labute approximate surface area is 146 Å². The van der Waals surface area contributed by atoms with E-state index in [0.29, 0.717) is 17.1 Å². The number of hydrazone groups is 1. The largest absolute Gasteiger partial charge is 0.483 e. The van der Waals surface area contributed by atoms with E-state index in [4.69, 9.17) is 4.74 Å². The number of nitrogens with one attached hydrogen (secondary N) is 2. The first kappa shape index (κ1) is 18.2. The van der Waals surface area contributed by atoms with Crippen molar-refractivity contribution in [1.82, 2.24) is 5.43 Å². The maximum absolute atomic E-state index is 11.9. The van der Waals surface area contributed by atoms with E-state index in [9.17, 15) is 9.59 Å². The molecule has 0 aliphatic heterocycles. The van der Waals surface area contributed by atoms with E-state index in [1.54, 1.807) is 19.1 Å². The molecule has 0 aliphatic rings. The SMILES string of the molecule is CC(=O)Nc1cccc(/C(C)=N\NC(=O)COc2ccccc2C)c1. The van der Waals surface area contributed by atoms with Gasteiger partial charge in [0.15, 0.2) is 6.61 Å². The summed E-state index contributed by atoms with van der Waals surface area (Å²) in [6.45, 7) is 5.02. The second kappa shape index (κ2) is 8.63. The molecule has 0 fully saturated rings. The lowest BCUT2D eigenvalue weighted by molar-refractivity contribution is -0.123. The third-order valence-corrected chi connectivity index (χ3v) is 3.40. The summed E-state index contributed by atoms with van der Waals surface area (Å²) < 4.78 is 5.47. The number of ether oxygens (including phenoxy) is 1. The Morgan fingerprint density at radius 2 is 1.84 bits per heavy atom. The van der Waals surface area contributed by atoms with Crippen LogP contribution in [0.25, 0.3) is 0 Å². The molecule has 2 rings (SSSR count). The predicted molar refractivity (Wildman–Crippen MR) is 97.8 cm³/mol. The van der Waals surface area contributed by atoms with Crippen molar-refractivity contribution >= 4 is 23.2 Å². The molecule has 2 aromatic rings. The third-order valence-electron chi connectivity index (χ3n) is 3.40. The number of amides is 2. The van der Waals surface area contributed by atoms with E-state index in [1.165, 1.54) is 6.92 Å². The zero-order chi connectivity index (χ0) is 18.2. The molecule has 0 saturated heterocycles. The normalized spacial score (nSPS) is 10.9. The Bertz CT molecular complexity index is 800. The molecular formula is C19H21N3O3. The number of hydrogen-bond donors (Lipinski definition) is 2. The highest BCUT2D eigenvalue weighted by Crippen LogP contribution is 2.15. The van der Waals surface area contributed by atoms with Gasteiger partial charge in [-0.1, -0.05) is 30.3 Å². The van der Waals surface area contributed by atoms with Gasteiger partial charge in [-0.25, -0.2) is 5.43 Å². The lowest BCUT2D eigenvalue weighted by Gasteiger charge is -2.08. The van der Waals surface area contributed by atoms with Gasteiger partial charge >= 0.3 is 0 Å². The second-order valence-electron chi connectivity index (χ2n) is 5.55. The first-order valence-corrected chi connectivity index (χ1v) is 7.85. The molecule has 0 bridgehead atoms. The van der Waals surface area contributed by atoms with Gasteiger partial charge in [-0.2, -0.15) is 5.10 Å². The van der Waals surface area contributed by atoms with Crippen molar-refractivity contribution in [2.45, 2.75) is 20.8 Å². The quantitative estimate of drug-likeness (QED) is 0.627. The zero-order valence-electron chi connectivity index (χ0n) is 14.5. The van der Waals surface area contributed by atoms with Crippen molar-refractivity contribution < 1.29 is 14.3 Å². The van der Waals surface area contributed by atoms with Crippen LogP contribution in [0.2, 0.25) is 0 Å². The molecule has 2 aromatic carbocycles. The minimum absolute atomic E-state index is 0.117. The van der Waals surface area contributed by atoms with Crippen LogP contribution in [0.3, 0.4) is 0 Å². The van der Waals surface area contributed by atoms with Gasteiger partial charge in [0.1, 0.15) is 5.75 Å². The highest BCUT2D eigenvalue weighted by Gasteiger charge is 2.05. The minimum atomic E-state index is -0.347. The van der Waals surface area contributed by atoms with Gasteiger partial charge in [0.2, 0.25) is 5.91 Å². The highest BCUT2D eigenvalue weighted by atomic mass is 16.5. The monoisotopic (exact) mass is 339 g/mol. The molecule has 0 aliphatic carbocycles. The number of hydrogen-bond acceptors (Lipinski definition) is 4. The molecule has 0 unspecified atom stereocenters. The van der Waals surface area contributed by atoms with E-state index in [-0.39, 0.29) is 18.4 Å². The van der Waals surface area contributed by atoms with Crippen LogP contribution < -0.4 is 15.5 Å². The first-order valence-electron chi connectivity index (χ1n) is 7.85. The summed E-state index contributed by atoms with van der Waals surface area (Å²) in [5.41, 5.74) is 5.52. The Kier molecular flexibility index (Phi) is 6.28. The van der Waals surface area contributed by atoms with E-state index in [0.717, 1.165) is 11.1 Å². The summed E-state index contributed by atoms with van der Waals surface area (Å²) in [7, 11) is 0. The summed E-state index contributed by atoms with van der Waals surface area (Å²) >= 11 is 0. The molecule has 0 heterocycles. The standard InChI is InChI=1S/C19H21N3O3/c1-13-7-4-5-10-18(13)25-12-19(24)22-21-14(2)16-8-6-9-17(11-16)20-15(3)23/h4-11H,12H2,1-3H3,(H,20,23)(H,22,24)/b21-14-. The zero-order valence-corrected chi connectivity index (χ0v) is 14.5. The van der Waals surface area contributed by atoms with E-state index in [1.807, 2.05) is 43.3 Å². The van der Waals surface area contributed by atoms with E-state index >= 15 is 0 Å². The van der Waals surface area contributed by atoms with Crippen LogP contribution in [0.1, 0.15) is 25.0 Å². The Balaban J connectivity index is 1.93. The smallest absolute Gasteiger partial charge is 0.277 e. The number of para-hydroxylation sites is 1. The van der Waals surface area contributed by atoms with Gasteiger partial charge in [0, 0.05) is 12.6 Å². The number of nitrogens with zero attached hydrogens (tertiary/aromatic N) is 1. The average Bonchev–Trinajstić information content (AvgIpc) is 2.58. The van der Waals surface area contributed by atoms with Crippen LogP contribution in [0.5, 0.6) is 5.75 Å². The number of carbonyl (C=O) groups excluding carboxylic acids is 2. The highest BCUT2D eigenvalue weighted by molar-refractivity contribution is 6.00. The number of aryl methyl sites for hydroxylation is 1. The van der Waals surface area contributed by atoms with Crippen molar-refractivity contribution in [1.29, 1.82) is 0 Å². The summed E-state index contributed by atoms with van der Waals surface area (Å²) in [5, 5.41) is 6.78. The van der Waals surface area contributed by atoms with Gasteiger partial charge in [0.05, 0.1) is 5.71 Å². The lowest BCUT2D eigenvalue weighted by Crippen LogP contribution is -2.25. The number of anilines is 1. The molecule has 0 atom stereocenters. The summed E-state index contributed by atoms with van der Waals surface area (Å²) in [6.07, 6.45) is 0. The van der Waals surface area contributed by atoms with Gasteiger partial charge < -0.3 is 10.1 Å². The van der Waals surface area contributed by atoms with Crippen LogP contribution in [-0.2, 0) is 9.59 Å². The molecule has 0 saturated carbocycles. The fourth-order valence-corrected chi connectivity index (χ4v) is 2.13. The van der Waals surface area contributed by atoms with Crippen molar-refractivity contribution in [3.05, 3.63) is 59.7 Å². The molecule has 2 amide bonds. The van der Waals surface area contributed by atoms with Crippen molar-refractivity contribution in [3.8, 4) is 5.75 Å². The van der Waals surface area contributed by atoms with Gasteiger partial charge in [-0.05, 0) is 43.2 Å². The molecule has 25 heavy (non-hydrogen) atoms. The Morgan fingerprint density at radius 1 is 1.08 bits per heavy atom. The number of benzene rings is 2. The maximum atomic E-state index is 11.9. The number of carbonyl (C=O) groups is 2. The summed E-state index contributed by atoms with van der Waals surface area (Å²) in [4.78, 5) is 23.0. The molecule has 6 heteroatoms. The summed E-state index contributed by atoms with van der Waals surface area (Å²) in [6, 6.07) is 14.7. The molecule has 6 nitrogen and oxygen atoms in total. The van der Waals surface area contributed by atoms with Gasteiger partial charge in [-0.3, -0.25) is 9.59 Å². The molecule has 2 N–H and O–H groups in total. The van der Waals surface area contributed by atoms with Crippen LogP contribution in [-0.4, -0.2) is 24.1 Å². The first-order chi connectivity index (χ1) is 12.0. The molecule has 0 radical (unpaired) electrons. The predicted octanol–water partition coefficient (Wildman–Crippen LogP) is 2.87.